The number of aromatic nitrogens is 2. The minimum Gasteiger partial charge on any atom is -0.478 e. The number of carbonyl (C=O) groups excluding carboxylic acids is 3. The molecule has 5 aromatic rings. The fraction of sp³-hybridized carbons (Fsp3) is 0.340. The van der Waals surface area contributed by atoms with Gasteiger partial charge in [0.2, 0.25) is 11.9 Å². The second kappa shape index (κ2) is 21.7. The minimum atomic E-state index is -1.58. The second-order valence-electron chi connectivity index (χ2n) is 14.9. The van der Waals surface area contributed by atoms with E-state index in [4.69, 9.17) is 16.3 Å². The number of hydrogen-bond acceptors (Lipinski definition) is 7. The zero-order valence-electron chi connectivity index (χ0n) is 34.0. The molecule has 2 heterocycles. The summed E-state index contributed by atoms with van der Waals surface area (Å²) in [6.45, 7) is 2.59. The van der Waals surface area contributed by atoms with Crippen LogP contribution in [0.5, 0.6) is 5.75 Å². The first-order chi connectivity index (χ1) is 29.2. The number of ether oxygens (including phenoxy) is 1. The number of benzene rings is 4. The van der Waals surface area contributed by atoms with Crippen molar-refractivity contribution in [3.63, 3.8) is 0 Å². The number of halogens is 1. The van der Waals surface area contributed by atoms with Crippen molar-refractivity contribution in [2.24, 2.45) is 0 Å². The average Bonchev–Trinajstić information content (AvgIpc) is 3.89. The quantitative estimate of drug-likeness (QED) is 0.0305. The Morgan fingerprint density at radius 3 is 2.23 bits per heavy atom. The van der Waals surface area contributed by atoms with E-state index in [0.29, 0.717) is 47.8 Å². The van der Waals surface area contributed by atoms with E-state index in [9.17, 15) is 24.3 Å². The van der Waals surface area contributed by atoms with Gasteiger partial charge in [-0.05, 0) is 54.8 Å². The van der Waals surface area contributed by atoms with Crippen molar-refractivity contribution in [3.05, 3.63) is 119 Å². The largest absolute Gasteiger partial charge is 0.478 e. The summed E-state index contributed by atoms with van der Waals surface area (Å²) >= 11 is 6.59. The standard InChI is InChI=1S/C47H53ClN6O6/c1-2-3-4-5-6-7-8-9-10-14-25-42(55)50-38-22-16-18-24-41(38)60-32-49-35-26-27-37(48)39(30-35)51-45(56)44(46(57)53-29-28-33-19-15-17-23-40(33)53)54-31-36(47(58)59)43(52-54)34-20-12-11-13-21-34/h11-13,15-24,26-27,30-31,44,49H,2-10,14,25,28-29,32H2,1H3,(H,50,55)(H,51,56)(H,58,59). The Hall–Kier alpha value is -6.14. The molecule has 0 bridgehead atoms. The van der Waals surface area contributed by atoms with Crippen molar-refractivity contribution in [1.82, 2.24) is 9.78 Å². The average molecular weight is 833 g/mol. The Balaban J connectivity index is 1.10. The van der Waals surface area contributed by atoms with Gasteiger partial charge >= 0.3 is 5.97 Å². The van der Waals surface area contributed by atoms with Gasteiger partial charge in [-0.3, -0.25) is 14.4 Å². The molecule has 1 aromatic heterocycles. The van der Waals surface area contributed by atoms with Crippen LogP contribution in [0.25, 0.3) is 11.3 Å². The van der Waals surface area contributed by atoms with Gasteiger partial charge in [0.05, 0.1) is 16.4 Å². The number of carboxylic acid groups (broad SMARTS) is 1. The normalized spacial score (nSPS) is 12.4. The lowest BCUT2D eigenvalue weighted by Gasteiger charge is -2.24. The maximum atomic E-state index is 14.4. The molecular formula is C47H53ClN6O6. The number of fused-ring (bicyclic) bond motifs is 1. The number of nitrogens with one attached hydrogen (secondary N) is 3. The zero-order valence-corrected chi connectivity index (χ0v) is 34.8. The van der Waals surface area contributed by atoms with Crippen LogP contribution in [-0.4, -0.2) is 51.9 Å². The van der Waals surface area contributed by atoms with Crippen molar-refractivity contribution in [2.45, 2.75) is 90.0 Å². The molecule has 1 aliphatic heterocycles. The summed E-state index contributed by atoms with van der Waals surface area (Å²) in [7, 11) is 0. The highest BCUT2D eigenvalue weighted by Gasteiger charge is 2.38. The molecule has 6 rings (SSSR count). The molecule has 0 saturated carbocycles. The van der Waals surface area contributed by atoms with E-state index in [2.05, 4.69) is 28.0 Å². The van der Waals surface area contributed by atoms with Crippen molar-refractivity contribution in [3.8, 4) is 17.0 Å². The summed E-state index contributed by atoms with van der Waals surface area (Å²) in [4.78, 5) is 55.4. The van der Waals surface area contributed by atoms with Gasteiger partial charge in [0.25, 0.3) is 11.8 Å². The number of carbonyl (C=O) groups is 4. The Bertz CT molecular complexity index is 2240. The number of unbranched alkanes of at least 4 members (excludes halogenated alkanes) is 9. The van der Waals surface area contributed by atoms with Gasteiger partial charge in [-0.25, -0.2) is 9.48 Å². The first kappa shape index (κ1) is 43.4. The summed E-state index contributed by atoms with van der Waals surface area (Å²) in [5.74, 6) is -2.17. The molecular weight excluding hydrogens is 780 g/mol. The maximum absolute atomic E-state index is 14.4. The molecule has 0 aliphatic carbocycles. The van der Waals surface area contributed by atoms with Crippen LogP contribution in [-0.2, 0) is 20.8 Å². The molecule has 3 amide bonds. The monoisotopic (exact) mass is 832 g/mol. The first-order valence-corrected chi connectivity index (χ1v) is 21.2. The summed E-state index contributed by atoms with van der Waals surface area (Å²) in [5.41, 5.74) is 3.44. The second-order valence-corrected chi connectivity index (χ2v) is 15.3. The SMILES string of the molecule is CCCCCCCCCCCCC(=O)Nc1ccccc1OCNc1ccc(Cl)c(NC(=O)C(C(=O)N2CCc3ccccc32)n2cc(C(=O)O)c(-c3ccccc3)n2)c1. The molecule has 0 saturated heterocycles. The molecule has 314 valence electrons. The van der Waals surface area contributed by atoms with Gasteiger partial charge in [0.15, 0.2) is 6.73 Å². The van der Waals surface area contributed by atoms with Crippen LogP contribution in [0.4, 0.5) is 22.7 Å². The molecule has 0 radical (unpaired) electrons. The van der Waals surface area contributed by atoms with Gasteiger partial charge in [-0.15, -0.1) is 0 Å². The van der Waals surface area contributed by atoms with Crippen LogP contribution in [0, 0.1) is 0 Å². The number of carboxylic acids is 1. The molecule has 1 unspecified atom stereocenters. The third kappa shape index (κ3) is 11.5. The Morgan fingerprint density at radius 1 is 0.800 bits per heavy atom. The highest BCUT2D eigenvalue weighted by molar-refractivity contribution is 6.34. The van der Waals surface area contributed by atoms with Crippen LogP contribution in [0.1, 0.15) is 99.5 Å². The summed E-state index contributed by atoms with van der Waals surface area (Å²) in [6, 6.07) is 26.7. The molecule has 13 heteroatoms. The molecule has 60 heavy (non-hydrogen) atoms. The van der Waals surface area contributed by atoms with Crippen LogP contribution >= 0.6 is 11.6 Å². The molecule has 1 atom stereocenters. The minimum absolute atomic E-state index is 0.0172. The Kier molecular flexibility index (Phi) is 15.7. The summed E-state index contributed by atoms with van der Waals surface area (Å²) in [6.07, 6.45) is 14.2. The lowest BCUT2D eigenvalue weighted by molar-refractivity contribution is -0.130. The summed E-state index contributed by atoms with van der Waals surface area (Å²) < 4.78 is 7.14. The fourth-order valence-corrected chi connectivity index (χ4v) is 7.53. The maximum Gasteiger partial charge on any atom is 0.339 e. The van der Waals surface area contributed by atoms with Gasteiger partial charge in [0.1, 0.15) is 17.0 Å². The van der Waals surface area contributed by atoms with E-state index in [0.717, 1.165) is 29.5 Å². The first-order valence-electron chi connectivity index (χ1n) is 20.9. The van der Waals surface area contributed by atoms with Gasteiger partial charge < -0.3 is 30.7 Å². The van der Waals surface area contributed by atoms with E-state index in [1.54, 1.807) is 60.7 Å². The molecule has 0 spiro atoms. The van der Waals surface area contributed by atoms with Gasteiger partial charge in [-0.2, -0.15) is 5.10 Å². The van der Waals surface area contributed by atoms with Gasteiger partial charge in [0, 0.05) is 36.1 Å². The smallest absolute Gasteiger partial charge is 0.339 e. The highest BCUT2D eigenvalue weighted by atomic mass is 35.5. The third-order valence-corrected chi connectivity index (χ3v) is 10.9. The number of aromatic carboxylic acids is 1. The van der Waals surface area contributed by atoms with E-state index in [-0.39, 0.29) is 34.6 Å². The predicted molar refractivity (Wildman–Crippen MR) is 237 cm³/mol. The number of nitrogens with zero attached hydrogens (tertiary/aromatic N) is 3. The number of para-hydroxylation sites is 3. The van der Waals surface area contributed by atoms with E-state index < -0.39 is 23.8 Å². The lowest BCUT2D eigenvalue weighted by Crippen LogP contribution is -2.42. The van der Waals surface area contributed by atoms with Crippen molar-refractivity contribution in [1.29, 1.82) is 0 Å². The van der Waals surface area contributed by atoms with Crippen LogP contribution in [0.3, 0.4) is 0 Å². The predicted octanol–water partition coefficient (Wildman–Crippen LogP) is 10.4. The van der Waals surface area contributed by atoms with E-state index in [1.165, 1.54) is 56.0 Å². The number of rotatable bonds is 22. The van der Waals surface area contributed by atoms with Crippen molar-refractivity contribution < 1.29 is 29.0 Å². The lowest BCUT2D eigenvalue weighted by atomic mass is 10.1. The topological polar surface area (TPSA) is 155 Å². The highest BCUT2D eigenvalue weighted by Crippen LogP contribution is 2.33. The third-order valence-electron chi connectivity index (χ3n) is 10.6. The Labute approximate surface area is 356 Å². The van der Waals surface area contributed by atoms with Gasteiger partial charge in [-0.1, -0.05) is 137 Å². The molecule has 4 N–H and O–H groups in total. The molecule has 12 nitrogen and oxygen atoms in total. The van der Waals surface area contributed by atoms with Crippen molar-refractivity contribution in [2.75, 3.05) is 34.1 Å². The van der Waals surface area contributed by atoms with Crippen LogP contribution in [0.2, 0.25) is 5.02 Å². The van der Waals surface area contributed by atoms with Crippen molar-refractivity contribution >= 4 is 58.0 Å². The number of hydrogen-bond donors (Lipinski definition) is 4. The molecule has 0 fully saturated rings. The van der Waals surface area contributed by atoms with Crippen LogP contribution < -0.4 is 25.6 Å². The number of amides is 3. The number of anilines is 4. The van der Waals surface area contributed by atoms with Crippen LogP contribution in [0.15, 0.2) is 103 Å². The Morgan fingerprint density at radius 2 is 1.48 bits per heavy atom. The van der Waals surface area contributed by atoms with E-state index in [1.807, 2.05) is 36.4 Å². The van der Waals surface area contributed by atoms with E-state index >= 15 is 0 Å². The summed E-state index contributed by atoms with van der Waals surface area (Å²) in [5, 5.41) is 23.8. The fourth-order valence-electron chi connectivity index (χ4n) is 7.36. The molecule has 1 aliphatic rings. The zero-order chi connectivity index (χ0) is 42.3. The molecule has 4 aromatic carbocycles.